The Kier molecular flexibility index (Phi) is 2.62. The molecule has 0 aromatic heterocycles. The van der Waals surface area contributed by atoms with Gasteiger partial charge in [-0.25, -0.2) is 5.06 Å². The first-order valence-corrected chi connectivity index (χ1v) is 3.51. The van der Waals surface area contributed by atoms with E-state index in [0.717, 1.165) is 6.54 Å². The van der Waals surface area contributed by atoms with Gasteiger partial charge in [0.2, 0.25) is 6.41 Å². The molecule has 4 heteroatoms. The van der Waals surface area contributed by atoms with Gasteiger partial charge < -0.3 is 4.90 Å². The summed E-state index contributed by atoms with van der Waals surface area (Å²) in [6, 6.07) is -0.189. The average Bonchev–Trinajstić information content (AvgIpc) is 2.03. The van der Waals surface area contributed by atoms with Crippen molar-refractivity contribution in [3.05, 3.63) is 12.2 Å². The molecule has 0 saturated carbocycles. The molecule has 0 aromatic carbocycles. The van der Waals surface area contributed by atoms with Crippen LogP contribution in [0.1, 0.15) is 0 Å². The third kappa shape index (κ3) is 2.03. The predicted molar refractivity (Wildman–Crippen MR) is 40.1 cm³/mol. The monoisotopic (exact) mass is 156 g/mol. The van der Waals surface area contributed by atoms with Gasteiger partial charge in [-0.3, -0.25) is 10.0 Å². The number of carbonyl (C=O) groups is 1. The van der Waals surface area contributed by atoms with Crippen molar-refractivity contribution >= 4 is 6.41 Å². The number of hydrogen-bond donors (Lipinski definition) is 1. The molecule has 1 N–H and O–H groups in total. The zero-order valence-electron chi connectivity index (χ0n) is 6.47. The Hall–Kier alpha value is -0.870. The lowest BCUT2D eigenvalue weighted by atomic mass is 10.2. The molecule has 62 valence electrons. The van der Waals surface area contributed by atoms with Crippen LogP contribution in [0.25, 0.3) is 0 Å². The molecule has 0 fully saturated rings. The van der Waals surface area contributed by atoms with Crippen molar-refractivity contribution in [2.24, 2.45) is 0 Å². The third-order valence-corrected chi connectivity index (χ3v) is 1.72. The molecule has 1 aliphatic heterocycles. The van der Waals surface area contributed by atoms with E-state index >= 15 is 0 Å². The second kappa shape index (κ2) is 3.50. The van der Waals surface area contributed by atoms with Crippen molar-refractivity contribution in [2.45, 2.75) is 6.04 Å². The molecule has 0 aliphatic carbocycles. The predicted octanol–water partition coefficient (Wildman–Crippen LogP) is -0.296. The van der Waals surface area contributed by atoms with E-state index in [2.05, 4.69) is 0 Å². The van der Waals surface area contributed by atoms with Crippen molar-refractivity contribution < 1.29 is 10.0 Å². The van der Waals surface area contributed by atoms with Crippen molar-refractivity contribution in [1.29, 1.82) is 0 Å². The van der Waals surface area contributed by atoms with Crippen molar-refractivity contribution in [2.75, 3.05) is 20.1 Å². The van der Waals surface area contributed by atoms with Crippen LogP contribution in [0.3, 0.4) is 0 Å². The molecule has 0 spiro atoms. The van der Waals surface area contributed by atoms with E-state index in [1.807, 2.05) is 24.1 Å². The highest BCUT2D eigenvalue weighted by atomic mass is 16.5. The summed E-state index contributed by atoms with van der Waals surface area (Å²) in [5, 5.41) is 9.67. The SMILES string of the molecule is CN1CC=C[C@@H](N(O)C=O)C1. The number of likely N-dealkylation sites (N-methyl/N-ethyl adjacent to an activating group) is 1. The summed E-state index contributed by atoms with van der Waals surface area (Å²) in [6.45, 7) is 1.56. The standard InChI is InChI=1S/C7H12N2O2/c1-8-4-2-3-7(5-8)9(11)6-10/h2-3,6-7,11H,4-5H2,1H3/t7-/m1/s1. The molecular formula is C7H12N2O2. The van der Waals surface area contributed by atoms with Gasteiger partial charge in [0, 0.05) is 13.1 Å². The first kappa shape index (κ1) is 8.23. The third-order valence-electron chi connectivity index (χ3n) is 1.72. The van der Waals surface area contributed by atoms with Crippen LogP contribution in [0, 0.1) is 0 Å². The van der Waals surface area contributed by atoms with Gasteiger partial charge in [-0.15, -0.1) is 0 Å². The van der Waals surface area contributed by atoms with Gasteiger partial charge in [-0.2, -0.15) is 0 Å². The van der Waals surface area contributed by atoms with Crippen LogP contribution in [0.15, 0.2) is 12.2 Å². The molecule has 0 radical (unpaired) electrons. The fourth-order valence-corrected chi connectivity index (χ4v) is 1.10. The zero-order chi connectivity index (χ0) is 8.27. The maximum Gasteiger partial charge on any atom is 0.233 e. The number of nitrogens with zero attached hydrogens (tertiary/aromatic N) is 2. The van der Waals surface area contributed by atoms with Gasteiger partial charge in [0.25, 0.3) is 0 Å². The van der Waals surface area contributed by atoms with Gasteiger partial charge in [-0.05, 0) is 7.05 Å². The average molecular weight is 156 g/mol. The van der Waals surface area contributed by atoms with Crippen LogP contribution in [0.4, 0.5) is 0 Å². The first-order valence-electron chi connectivity index (χ1n) is 3.51. The van der Waals surface area contributed by atoms with Gasteiger partial charge in [0.05, 0.1) is 6.04 Å². The largest absolute Gasteiger partial charge is 0.300 e. The normalized spacial score (nSPS) is 25.1. The first-order chi connectivity index (χ1) is 5.24. The van der Waals surface area contributed by atoms with Gasteiger partial charge in [0.1, 0.15) is 0 Å². The van der Waals surface area contributed by atoms with Crippen LogP contribution in [-0.4, -0.2) is 47.8 Å². The van der Waals surface area contributed by atoms with E-state index in [4.69, 9.17) is 5.21 Å². The highest BCUT2D eigenvalue weighted by molar-refractivity contribution is 5.46. The van der Waals surface area contributed by atoms with E-state index in [1.165, 1.54) is 0 Å². The molecule has 1 atom stereocenters. The van der Waals surface area contributed by atoms with E-state index in [-0.39, 0.29) is 6.04 Å². The van der Waals surface area contributed by atoms with E-state index in [9.17, 15) is 4.79 Å². The second-order valence-electron chi connectivity index (χ2n) is 2.70. The van der Waals surface area contributed by atoms with E-state index < -0.39 is 0 Å². The maximum atomic E-state index is 10.1. The zero-order valence-corrected chi connectivity index (χ0v) is 6.47. The second-order valence-corrected chi connectivity index (χ2v) is 2.70. The molecule has 1 rings (SSSR count). The fraction of sp³-hybridized carbons (Fsp3) is 0.571. The summed E-state index contributed by atoms with van der Waals surface area (Å²) < 4.78 is 0. The molecule has 0 bridgehead atoms. The van der Waals surface area contributed by atoms with Crippen molar-refractivity contribution in [1.82, 2.24) is 9.96 Å². The highest BCUT2D eigenvalue weighted by Gasteiger charge is 2.16. The van der Waals surface area contributed by atoms with Crippen LogP contribution >= 0.6 is 0 Å². The Morgan fingerprint density at radius 1 is 1.82 bits per heavy atom. The quantitative estimate of drug-likeness (QED) is 0.258. The Labute approximate surface area is 65.7 Å². The smallest absolute Gasteiger partial charge is 0.233 e. The summed E-state index contributed by atoms with van der Waals surface area (Å²) in [5.74, 6) is 0. The topological polar surface area (TPSA) is 43.8 Å². The van der Waals surface area contributed by atoms with Crippen LogP contribution in [-0.2, 0) is 4.79 Å². The molecule has 1 aliphatic rings. The molecule has 0 unspecified atom stereocenters. The molecule has 0 saturated heterocycles. The Balaban J connectivity index is 2.52. The number of amides is 1. The number of carbonyl (C=O) groups excluding carboxylic acids is 1. The van der Waals surface area contributed by atoms with Crippen molar-refractivity contribution in [3.8, 4) is 0 Å². The van der Waals surface area contributed by atoms with Gasteiger partial charge in [0.15, 0.2) is 0 Å². The molecule has 4 nitrogen and oxygen atoms in total. The molecular weight excluding hydrogens is 144 g/mol. The minimum atomic E-state index is -0.189. The summed E-state index contributed by atoms with van der Waals surface area (Å²) in [5.41, 5.74) is 0. The van der Waals surface area contributed by atoms with E-state index in [0.29, 0.717) is 18.0 Å². The molecule has 1 heterocycles. The summed E-state index contributed by atoms with van der Waals surface area (Å²) >= 11 is 0. The highest BCUT2D eigenvalue weighted by Crippen LogP contribution is 2.03. The number of hydroxylamine groups is 2. The molecule has 1 amide bonds. The van der Waals surface area contributed by atoms with Gasteiger partial charge >= 0.3 is 0 Å². The summed E-state index contributed by atoms with van der Waals surface area (Å²) in [6.07, 6.45) is 4.18. The van der Waals surface area contributed by atoms with Crippen molar-refractivity contribution in [3.63, 3.8) is 0 Å². The summed E-state index contributed by atoms with van der Waals surface area (Å²) in [4.78, 5) is 12.2. The summed E-state index contributed by atoms with van der Waals surface area (Å²) in [7, 11) is 1.94. The van der Waals surface area contributed by atoms with Crippen LogP contribution < -0.4 is 0 Å². The molecule has 11 heavy (non-hydrogen) atoms. The lowest BCUT2D eigenvalue weighted by Gasteiger charge is -2.27. The lowest BCUT2D eigenvalue weighted by Crippen LogP contribution is -2.41. The van der Waals surface area contributed by atoms with Crippen LogP contribution in [0.2, 0.25) is 0 Å². The fourth-order valence-electron chi connectivity index (χ4n) is 1.10. The van der Waals surface area contributed by atoms with Gasteiger partial charge in [-0.1, -0.05) is 12.2 Å². The Bertz CT molecular complexity index is 170. The van der Waals surface area contributed by atoms with Crippen LogP contribution in [0.5, 0.6) is 0 Å². The molecule has 0 aromatic rings. The Morgan fingerprint density at radius 2 is 2.55 bits per heavy atom. The Morgan fingerprint density at radius 3 is 3.09 bits per heavy atom. The number of hydrogen-bond acceptors (Lipinski definition) is 3. The maximum absolute atomic E-state index is 10.1. The minimum absolute atomic E-state index is 0.189. The minimum Gasteiger partial charge on any atom is -0.300 e. The lowest BCUT2D eigenvalue weighted by molar-refractivity contribution is -0.157. The van der Waals surface area contributed by atoms with E-state index in [1.54, 1.807) is 0 Å². The number of rotatable bonds is 2.